The summed E-state index contributed by atoms with van der Waals surface area (Å²) < 4.78 is 16.4. The van der Waals surface area contributed by atoms with Gasteiger partial charge in [0.2, 0.25) is 0 Å². The van der Waals surface area contributed by atoms with E-state index in [1.54, 1.807) is 13.8 Å². The summed E-state index contributed by atoms with van der Waals surface area (Å²) in [4.78, 5) is 36.5. The Morgan fingerprint density at radius 3 is 1.63 bits per heavy atom. The van der Waals surface area contributed by atoms with Gasteiger partial charge in [0.05, 0.1) is 32.0 Å². The van der Waals surface area contributed by atoms with Gasteiger partial charge in [-0.15, -0.1) is 0 Å². The fourth-order valence-electron chi connectivity index (χ4n) is 6.88. The largest absolute Gasteiger partial charge is 0.462 e. The topological polar surface area (TPSA) is 99.1 Å². The lowest BCUT2D eigenvalue weighted by Crippen LogP contribution is -2.29. The fraction of sp³-hybridized carbons (Fsp3) is 0.750. The summed E-state index contributed by atoms with van der Waals surface area (Å²) in [5.74, 6) is 1.25. The molecule has 2 saturated carbocycles. The minimum absolute atomic E-state index is 0.000115. The molecule has 0 aromatic carbocycles. The molecular formula is C36H58O7. The lowest BCUT2D eigenvalue weighted by atomic mass is 9.67. The highest BCUT2D eigenvalue weighted by Crippen LogP contribution is 2.43. The van der Waals surface area contributed by atoms with Crippen LogP contribution >= 0.6 is 0 Å². The maximum absolute atomic E-state index is 12.2. The average molecular weight is 603 g/mol. The van der Waals surface area contributed by atoms with Gasteiger partial charge in [0.25, 0.3) is 0 Å². The number of unbranched alkanes of at least 4 members (excludes halogenated alkanes) is 2. The third kappa shape index (κ3) is 13.8. The molecule has 43 heavy (non-hydrogen) atoms. The van der Waals surface area contributed by atoms with Crippen LogP contribution in [0, 0.1) is 35.5 Å². The highest BCUT2D eigenvalue weighted by Gasteiger charge is 2.32. The summed E-state index contributed by atoms with van der Waals surface area (Å²) in [6, 6.07) is 0. The SMILES string of the molecule is C=C(C)C(=O)OCC(COC(=O)C(=C)CO)CC(COC(=O)C(=C)C)CC1CCC(C2CCC(CCCCC)CC2)CC1. The average Bonchev–Trinajstić information content (AvgIpc) is 3.00. The van der Waals surface area contributed by atoms with Crippen LogP contribution in [-0.4, -0.2) is 49.4 Å². The van der Waals surface area contributed by atoms with Gasteiger partial charge in [-0.3, -0.25) is 0 Å². The third-order valence-corrected chi connectivity index (χ3v) is 9.53. The molecule has 2 atom stereocenters. The zero-order chi connectivity index (χ0) is 31.8. The van der Waals surface area contributed by atoms with Crippen molar-refractivity contribution in [3.8, 4) is 0 Å². The molecule has 0 heterocycles. The Labute approximate surface area is 260 Å². The van der Waals surface area contributed by atoms with Crippen LogP contribution in [0.15, 0.2) is 36.5 Å². The Balaban J connectivity index is 1.98. The highest BCUT2D eigenvalue weighted by atomic mass is 16.5. The predicted molar refractivity (Wildman–Crippen MR) is 170 cm³/mol. The van der Waals surface area contributed by atoms with E-state index in [2.05, 4.69) is 26.7 Å². The van der Waals surface area contributed by atoms with Crippen molar-refractivity contribution in [2.24, 2.45) is 35.5 Å². The van der Waals surface area contributed by atoms with Crippen LogP contribution < -0.4 is 0 Å². The third-order valence-electron chi connectivity index (χ3n) is 9.53. The van der Waals surface area contributed by atoms with E-state index in [4.69, 9.17) is 14.2 Å². The molecule has 2 unspecified atom stereocenters. The van der Waals surface area contributed by atoms with Crippen molar-refractivity contribution < 1.29 is 33.7 Å². The van der Waals surface area contributed by atoms with Gasteiger partial charge in [-0.1, -0.05) is 78.0 Å². The Morgan fingerprint density at radius 1 is 0.698 bits per heavy atom. The van der Waals surface area contributed by atoms with Gasteiger partial charge in [0.1, 0.15) is 0 Å². The molecule has 0 aromatic heterocycles. The molecule has 0 aromatic rings. The smallest absolute Gasteiger partial charge is 0.335 e. The summed E-state index contributed by atoms with van der Waals surface area (Å²) in [5, 5.41) is 9.22. The van der Waals surface area contributed by atoms with Crippen molar-refractivity contribution in [3.63, 3.8) is 0 Å². The lowest BCUT2D eigenvalue weighted by Gasteiger charge is -2.38. The van der Waals surface area contributed by atoms with E-state index >= 15 is 0 Å². The Hall–Kier alpha value is -2.41. The predicted octanol–water partition coefficient (Wildman–Crippen LogP) is 7.52. The van der Waals surface area contributed by atoms with Crippen molar-refractivity contribution in [3.05, 3.63) is 36.5 Å². The Kier molecular flexibility index (Phi) is 16.9. The molecule has 0 amide bonds. The standard InChI is InChI=1S/C36H58O7/c1-7-8-9-10-28-11-15-32(16-12-28)33-17-13-29(14-18-33)19-30(22-41-34(38)25(2)3)20-31(23-42-35(39)26(4)5)24-43-36(40)27(6)21-37/h28-33,37H,2,4,6-24H2,1,3,5H3. The molecule has 2 fully saturated rings. The van der Waals surface area contributed by atoms with E-state index in [9.17, 15) is 19.5 Å². The maximum atomic E-state index is 12.2. The van der Waals surface area contributed by atoms with Crippen LogP contribution in [0.25, 0.3) is 0 Å². The molecule has 0 bridgehead atoms. The summed E-state index contributed by atoms with van der Waals surface area (Å²) in [7, 11) is 0. The molecular weight excluding hydrogens is 544 g/mol. The minimum atomic E-state index is -0.683. The Bertz CT molecular complexity index is 922. The first-order valence-electron chi connectivity index (χ1n) is 16.6. The van der Waals surface area contributed by atoms with Crippen molar-refractivity contribution in [2.75, 3.05) is 26.4 Å². The molecule has 0 spiro atoms. The first kappa shape index (κ1) is 36.8. The number of esters is 3. The van der Waals surface area contributed by atoms with Gasteiger partial charge in [-0.2, -0.15) is 0 Å². The molecule has 244 valence electrons. The van der Waals surface area contributed by atoms with Crippen molar-refractivity contribution in [1.29, 1.82) is 0 Å². The number of hydrogen-bond acceptors (Lipinski definition) is 7. The second-order valence-corrected chi connectivity index (χ2v) is 13.4. The maximum Gasteiger partial charge on any atom is 0.335 e. The Morgan fingerprint density at radius 2 is 1.16 bits per heavy atom. The number of hydrogen-bond donors (Lipinski definition) is 1. The zero-order valence-electron chi connectivity index (χ0n) is 27.2. The molecule has 1 N–H and O–H groups in total. The van der Waals surface area contributed by atoms with E-state index in [0.29, 0.717) is 17.9 Å². The van der Waals surface area contributed by atoms with E-state index < -0.39 is 24.5 Å². The van der Waals surface area contributed by atoms with Crippen LogP contribution in [0.2, 0.25) is 0 Å². The quantitative estimate of drug-likeness (QED) is 0.0706. The second kappa shape index (κ2) is 19.8. The van der Waals surface area contributed by atoms with Crippen LogP contribution in [0.1, 0.15) is 111 Å². The number of aliphatic hydroxyl groups is 1. The van der Waals surface area contributed by atoms with Gasteiger partial charge in [-0.05, 0) is 82.0 Å². The van der Waals surface area contributed by atoms with E-state index in [1.165, 1.54) is 77.0 Å². The van der Waals surface area contributed by atoms with Crippen LogP contribution in [0.5, 0.6) is 0 Å². The number of carbonyl (C=O) groups is 3. The summed E-state index contributed by atoms with van der Waals surface area (Å²) >= 11 is 0. The molecule has 7 nitrogen and oxygen atoms in total. The molecule has 2 aliphatic carbocycles. The van der Waals surface area contributed by atoms with Gasteiger partial charge < -0.3 is 19.3 Å². The van der Waals surface area contributed by atoms with Crippen molar-refractivity contribution in [1.82, 2.24) is 0 Å². The second-order valence-electron chi connectivity index (χ2n) is 13.4. The number of carbonyl (C=O) groups excluding carboxylic acids is 3. The van der Waals surface area contributed by atoms with Gasteiger partial charge in [0.15, 0.2) is 0 Å². The first-order chi connectivity index (χ1) is 20.5. The molecule has 7 heteroatoms. The summed E-state index contributed by atoms with van der Waals surface area (Å²) in [5.41, 5.74) is 0.604. The van der Waals surface area contributed by atoms with Gasteiger partial charge >= 0.3 is 17.9 Å². The fourth-order valence-corrected chi connectivity index (χ4v) is 6.88. The van der Waals surface area contributed by atoms with Crippen LogP contribution in [0.3, 0.4) is 0 Å². The van der Waals surface area contributed by atoms with E-state index in [0.717, 1.165) is 24.2 Å². The van der Waals surface area contributed by atoms with Crippen molar-refractivity contribution in [2.45, 2.75) is 111 Å². The monoisotopic (exact) mass is 602 g/mol. The van der Waals surface area contributed by atoms with Gasteiger partial charge in [0, 0.05) is 17.1 Å². The van der Waals surface area contributed by atoms with E-state index in [-0.39, 0.29) is 42.8 Å². The zero-order valence-corrected chi connectivity index (χ0v) is 27.2. The molecule has 0 aliphatic heterocycles. The normalized spacial score (nSPS) is 23.4. The van der Waals surface area contributed by atoms with Gasteiger partial charge in [-0.25, -0.2) is 14.4 Å². The molecule has 2 rings (SSSR count). The van der Waals surface area contributed by atoms with Crippen LogP contribution in [0.4, 0.5) is 0 Å². The number of aliphatic hydroxyl groups excluding tert-OH is 1. The summed E-state index contributed by atoms with van der Waals surface area (Å²) in [6.45, 7) is 16.1. The molecule has 0 radical (unpaired) electrons. The molecule has 2 aliphatic rings. The van der Waals surface area contributed by atoms with Crippen LogP contribution in [-0.2, 0) is 28.6 Å². The van der Waals surface area contributed by atoms with Crippen molar-refractivity contribution >= 4 is 17.9 Å². The minimum Gasteiger partial charge on any atom is -0.462 e. The van der Waals surface area contributed by atoms with E-state index in [1.807, 2.05) is 0 Å². The first-order valence-corrected chi connectivity index (χ1v) is 16.6. The summed E-state index contributed by atoms with van der Waals surface area (Å²) in [6.07, 6.45) is 17.3. The number of rotatable bonds is 19. The molecule has 0 saturated heterocycles. The highest BCUT2D eigenvalue weighted by molar-refractivity contribution is 5.88. The number of ether oxygens (including phenoxy) is 3. The lowest BCUT2D eigenvalue weighted by molar-refractivity contribution is -0.145.